The molecule has 8 nitrogen and oxygen atoms in total. The fraction of sp³-hybridized carbons (Fsp3) is 0.139. The fourth-order valence-corrected chi connectivity index (χ4v) is 8.95. The highest BCUT2D eigenvalue weighted by Gasteiger charge is 2.66. The number of para-hydroxylation sites is 1. The van der Waals surface area contributed by atoms with Crippen LogP contribution in [0.5, 0.6) is 0 Å². The van der Waals surface area contributed by atoms with Crippen molar-refractivity contribution in [3.63, 3.8) is 0 Å². The molecule has 0 radical (unpaired) electrons. The Morgan fingerprint density at radius 3 is 2.47 bits per heavy atom. The van der Waals surface area contributed by atoms with E-state index in [9.17, 15) is 9.59 Å². The molecule has 2 aromatic heterocycles. The van der Waals surface area contributed by atoms with E-state index in [1.54, 1.807) is 66.7 Å². The van der Waals surface area contributed by atoms with Crippen molar-refractivity contribution >= 4 is 79.9 Å². The van der Waals surface area contributed by atoms with Gasteiger partial charge in [-0.25, -0.2) is 4.39 Å². The van der Waals surface area contributed by atoms with E-state index in [1.165, 1.54) is 27.6 Å². The number of carbonyl (C=O) groups excluding carboxylic acids is 2. The molecule has 1 spiro atoms. The maximum atomic E-state index is 15.1. The molecule has 6 aromatic rings. The van der Waals surface area contributed by atoms with Crippen LogP contribution in [0, 0.1) is 19.7 Å². The first-order valence-electron chi connectivity index (χ1n) is 15.1. The molecule has 4 heterocycles. The molecule has 0 bridgehead atoms. The van der Waals surface area contributed by atoms with E-state index >= 15 is 9.18 Å². The first-order chi connectivity index (χ1) is 23.6. The number of halogens is 3. The molecule has 49 heavy (non-hydrogen) atoms. The number of rotatable bonds is 6. The highest BCUT2D eigenvalue weighted by atomic mass is 35.5. The summed E-state index contributed by atoms with van der Waals surface area (Å²) in [7, 11) is 0. The van der Waals surface area contributed by atoms with Gasteiger partial charge in [0.15, 0.2) is 15.3 Å². The third-order valence-corrected chi connectivity index (χ3v) is 11.7. The molecule has 0 aliphatic carbocycles. The first kappa shape index (κ1) is 31.7. The van der Waals surface area contributed by atoms with Crippen LogP contribution in [0.2, 0.25) is 10.0 Å². The molecule has 2 amide bonds. The molecule has 0 saturated carbocycles. The van der Waals surface area contributed by atoms with Gasteiger partial charge in [-0.1, -0.05) is 88.8 Å². The Balaban J connectivity index is 1.32. The smallest absolute Gasteiger partial charge is 0.297 e. The third-order valence-electron chi connectivity index (χ3n) is 8.98. The SMILES string of the molecule is Cc1cc2oc3c(c(=O)c2cc1C)C1(C(=O)N(Cc2ccccc2F)c2ccccc21)N(c1nnc(SCc2ccc(Cl)cc2Cl)s1)C3=O. The number of nitrogens with zero attached hydrogens (tertiary/aromatic N) is 4. The lowest BCUT2D eigenvalue weighted by molar-refractivity contribution is -0.121. The largest absolute Gasteiger partial charge is 0.450 e. The molecule has 2 aliphatic heterocycles. The number of hydrogen-bond acceptors (Lipinski definition) is 8. The molecule has 1 unspecified atom stereocenters. The highest BCUT2D eigenvalue weighted by Crippen LogP contribution is 2.55. The summed E-state index contributed by atoms with van der Waals surface area (Å²) in [5, 5.41) is 10.1. The summed E-state index contributed by atoms with van der Waals surface area (Å²) in [4.78, 5) is 47.0. The van der Waals surface area contributed by atoms with Gasteiger partial charge >= 0.3 is 0 Å². The van der Waals surface area contributed by atoms with E-state index in [0.29, 0.717) is 31.4 Å². The number of hydrogen-bond donors (Lipinski definition) is 0. The molecular formula is C36H23Cl2FN4O4S2. The topological polar surface area (TPSA) is 96.6 Å². The van der Waals surface area contributed by atoms with Crippen molar-refractivity contribution in [2.75, 3.05) is 9.80 Å². The lowest BCUT2D eigenvalue weighted by atomic mass is 9.84. The Labute approximate surface area is 297 Å². The van der Waals surface area contributed by atoms with Crippen molar-refractivity contribution in [2.24, 2.45) is 0 Å². The van der Waals surface area contributed by atoms with Crippen molar-refractivity contribution in [1.82, 2.24) is 10.2 Å². The number of fused-ring (bicyclic) bond motifs is 5. The fourth-order valence-electron chi connectivity index (χ4n) is 6.50. The Morgan fingerprint density at radius 2 is 1.67 bits per heavy atom. The Kier molecular flexibility index (Phi) is 7.64. The van der Waals surface area contributed by atoms with Crippen LogP contribution in [0.25, 0.3) is 11.0 Å². The van der Waals surface area contributed by atoms with Gasteiger partial charge in [0.1, 0.15) is 11.4 Å². The number of aryl methyl sites for hydroxylation is 2. The minimum Gasteiger partial charge on any atom is -0.450 e. The number of benzene rings is 4. The molecule has 4 aromatic carbocycles. The summed E-state index contributed by atoms with van der Waals surface area (Å²) in [6.45, 7) is 3.61. The minimum absolute atomic E-state index is 0.0906. The van der Waals surface area contributed by atoms with Gasteiger partial charge in [0.2, 0.25) is 10.9 Å². The van der Waals surface area contributed by atoms with Gasteiger partial charge in [-0.2, -0.15) is 0 Å². The van der Waals surface area contributed by atoms with E-state index < -0.39 is 28.6 Å². The Hall–Kier alpha value is -4.55. The predicted molar refractivity (Wildman–Crippen MR) is 190 cm³/mol. The van der Waals surface area contributed by atoms with Gasteiger partial charge < -0.3 is 9.32 Å². The van der Waals surface area contributed by atoms with Crippen molar-refractivity contribution < 1.29 is 18.4 Å². The lowest BCUT2D eigenvalue weighted by Gasteiger charge is -2.32. The number of amides is 2. The molecule has 0 saturated heterocycles. The van der Waals surface area contributed by atoms with Gasteiger partial charge in [-0.3, -0.25) is 19.3 Å². The number of anilines is 2. The number of carbonyl (C=O) groups is 2. The van der Waals surface area contributed by atoms with E-state index in [4.69, 9.17) is 27.6 Å². The van der Waals surface area contributed by atoms with Crippen LogP contribution in [0.3, 0.4) is 0 Å². The average molecular weight is 730 g/mol. The van der Waals surface area contributed by atoms with Gasteiger partial charge in [-0.05, 0) is 66.9 Å². The predicted octanol–water partition coefficient (Wildman–Crippen LogP) is 8.45. The second-order valence-electron chi connectivity index (χ2n) is 11.8. The zero-order valence-corrected chi connectivity index (χ0v) is 28.9. The molecular weight excluding hydrogens is 706 g/mol. The van der Waals surface area contributed by atoms with Crippen molar-refractivity contribution in [2.45, 2.75) is 36.0 Å². The second kappa shape index (κ2) is 11.8. The van der Waals surface area contributed by atoms with Crippen LogP contribution in [-0.4, -0.2) is 22.0 Å². The number of thioether (sulfide) groups is 1. The van der Waals surface area contributed by atoms with Crippen LogP contribution in [-0.2, 0) is 22.6 Å². The Bertz CT molecular complexity index is 2450. The zero-order valence-electron chi connectivity index (χ0n) is 25.8. The van der Waals surface area contributed by atoms with Crippen molar-refractivity contribution in [1.29, 1.82) is 0 Å². The standard InChI is InChI=1S/C36H23Cl2FN4O4S2/c1-18-13-23-28(14-19(18)2)47-31-29(30(23)44)36(24-8-4-6-10-27(24)42(33(36)46)16-20-7-3-5-9-26(20)39)43(32(31)45)34-40-41-35(49-34)48-17-21-11-12-22(37)15-25(21)38/h3-15H,16-17H2,1-2H3. The molecule has 13 heteroatoms. The van der Waals surface area contributed by atoms with Crippen molar-refractivity contribution in [3.05, 3.63) is 144 Å². The maximum Gasteiger partial charge on any atom is 0.297 e. The monoisotopic (exact) mass is 728 g/mol. The van der Waals surface area contributed by atoms with Crippen LogP contribution in [0.15, 0.2) is 92.4 Å². The minimum atomic E-state index is -2.00. The lowest BCUT2D eigenvalue weighted by Crippen LogP contribution is -2.53. The van der Waals surface area contributed by atoms with E-state index in [1.807, 2.05) is 19.9 Å². The summed E-state index contributed by atoms with van der Waals surface area (Å²) >= 11 is 14.9. The van der Waals surface area contributed by atoms with E-state index in [2.05, 4.69) is 10.2 Å². The highest BCUT2D eigenvalue weighted by molar-refractivity contribution is 8.00. The van der Waals surface area contributed by atoms with E-state index in [-0.39, 0.29) is 39.5 Å². The maximum absolute atomic E-state index is 15.1. The molecule has 244 valence electrons. The van der Waals surface area contributed by atoms with Crippen LogP contribution in [0.4, 0.5) is 15.2 Å². The summed E-state index contributed by atoms with van der Waals surface area (Å²) in [6, 6.07) is 21.7. The van der Waals surface area contributed by atoms with Gasteiger partial charge in [0.25, 0.3) is 11.8 Å². The number of aromatic nitrogens is 2. The van der Waals surface area contributed by atoms with Gasteiger partial charge in [-0.15, -0.1) is 10.2 Å². The average Bonchev–Trinajstić information content (AvgIpc) is 3.71. The molecule has 1 atom stereocenters. The molecule has 0 fully saturated rings. The second-order valence-corrected chi connectivity index (χ2v) is 14.8. The first-order valence-corrected chi connectivity index (χ1v) is 17.6. The van der Waals surface area contributed by atoms with Crippen LogP contribution in [0.1, 0.15) is 43.9 Å². The molecule has 2 aliphatic rings. The molecule has 0 N–H and O–H groups in total. The van der Waals surface area contributed by atoms with Gasteiger partial charge in [0, 0.05) is 26.9 Å². The summed E-state index contributed by atoms with van der Waals surface area (Å²) in [5.41, 5.74) is 1.22. The third kappa shape index (κ3) is 4.82. The zero-order chi connectivity index (χ0) is 34.2. The van der Waals surface area contributed by atoms with Crippen LogP contribution >= 0.6 is 46.3 Å². The van der Waals surface area contributed by atoms with Gasteiger partial charge in [0.05, 0.1) is 23.2 Å². The summed E-state index contributed by atoms with van der Waals surface area (Å²) in [5.74, 6) is -1.63. The molecule has 8 rings (SSSR count). The van der Waals surface area contributed by atoms with Crippen molar-refractivity contribution in [3.8, 4) is 0 Å². The summed E-state index contributed by atoms with van der Waals surface area (Å²) < 4.78 is 21.8. The van der Waals surface area contributed by atoms with Crippen LogP contribution < -0.4 is 15.2 Å². The normalized spacial score (nSPS) is 16.7. The quantitative estimate of drug-likeness (QED) is 0.125. The summed E-state index contributed by atoms with van der Waals surface area (Å²) in [6.07, 6.45) is 0. The van der Waals surface area contributed by atoms with E-state index in [0.717, 1.165) is 28.0 Å². The Morgan fingerprint density at radius 1 is 0.918 bits per heavy atom.